The zero-order chi connectivity index (χ0) is 20.7. The van der Waals surface area contributed by atoms with Crippen LogP contribution in [-0.4, -0.2) is 35.5 Å². The van der Waals surface area contributed by atoms with Crippen LogP contribution < -0.4 is 5.32 Å². The van der Waals surface area contributed by atoms with Crippen LogP contribution in [0, 0.1) is 12.7 Å². The van der Waals surface area contributed by atoms with E-state index >= 15 is 0 Å². The predicted octanol–water partition coefficient (Wildman–Crippen LogP) is 3.79. The third-order valence-corrected chi connectivity index (χ3v) is 3.83. The summed E-state index contributed by atoms with van der Waals surface area (Å²) >= 11 is 0. The molecule has 0 radical (unpaired) electrons. The van der Waals surface area contributed by atoms with E-state index in [4.69, 9.17) is 14.6 Å². The summed E-state index contributed by atoms with van der Waals surface area (Å²) in [5, 5.41) is 20.8. The predicted molar refractivity (Wildman–Crippen MR) is 99.7 cm³/mol. The van der Waals surface area contributed by atoms with Gasteiger partial charge in [0, 0.05) is 18.9 Å². The molecule has 0 heterocycles. The molecule has 7 nitrogen and oxygen atoms in total. The van der Waals surface area contributed by atoms with Crippen LogP contribution in [0.5, 0.6) is 5.75 Å². The fraction of sp³-hybridized carbons (Fsp3) is 0.200. The van der Waals surface area contributed by atoms with Gasteiger partial charge in [-0.15, -0.1) is 0 Å². The van der Waals surface area contributed by atoms with Crippen LogP contribution in [0.4, 0.5) is 14.9 Å². The van der Waals surface area contributed by atoms with Crippen LogP contribution in [0.3, 0.4) is 0 Å². The number of carboxylic acid groups (broad SMARTS) is 1. The number of aryl methyl sites for hydroxylation is 1. The number of hydrogen-bond acceptors (Lipinski definition) is 5. The highest BCUT2D eigenvalue weighted by atomic mass is 19.1. The Balaban J connectivity index is 2.28. The van der Waals surface area contributed by atoms with Gasteiger partial charge in [-0.05, 0) is 42.8 Å². The van der Waals surface area contributed by atoms with Crippen molar-refractivity contribution in [1.29, 1.82) is 0 Å². The van der Waals surface area contributed by atoms with Gasteiger partial charge < -0.3 is 19.7 Å². The first kappa shape index (κ1) is 20.9. The number of ether oxygens (including phenoxy) is 2. The molecule has 0 aliphatic carbocycles. The lowest BCUT2D eigenvalue weighted by atomic mass is 10.0. The quantitative estimate of drug-likeness (QED) is 0.623. The minimum Gasteiger partial charge on any atom is -0.505 e. The highest BCUT2D eigenvalue weighted by Crippen LogP contribution is 2.28. The number of nitrogens with one attached hydrogen (secondary N) is 1. The highest BCUT2D eigenvalue weighted by molar-refractivity contribution is 5.84. The number of methoxy groups -OCH3 is 1. The lowest BCUT2D eigenvalue weighted by Gasteiger charge is -2.24. The number of phenolic OH excluding ortho intramolecular Hbond substituents is 1. The minimum absolute atomic E-state index is 0.177. The normalized spacial score (nSPS) is 13.1. The molecule has 0 fully saturated rings. The van der Waals surface area contributed by atoms with Crippen molar-refractivity contribution in [3.8, 4) is 5.75 Å². The van der Waals surface area contributed by atoms with Gasteiger partial charge in [0.15, 0.2) is 17.7 Å². The van der Waals surface area contributed by atoms with E-state index in [1.165, 1.54) is 19.3 Å². The molecular weight excluding hydrogens is 369 g/mol. The molecule has 2 aromatic carbocycles. The molecule has 0 saturated heterocycles. The zero-order valence-corrected chi connectivity index (χ0v) is 15.3. The number of aromatic hydroxyl groups is 1. The maximum absolute atomic E-state index is 13.8. The molecule has 2 rings (SSSR count). The van der Waals surface area contributed by atoms with Gasteiger partial charge in [0.25, 0.3) is 0 Å². The Morgan fingerprint density at radius 3 is 2.43 bits per heavy atom. The zero-order valence-electron chi connectivity index (χ0n) is 15.3. The number of benzene rings is 2. The van der Waals surface area contributed by atoms with Crippen LogP contribution in [0.1, 0.15) is 17.2 Å². The van der Waals surface area contributed by atoms with Gasteiger partial charge in [0.1, 0.15) is 6.10 Å². The van der Waals surface area contributed by atoms with Crippen LogP contribution in [-0.2, 0) is 14.3 Å². The van der Waals surface area contributed by atoms with Gasteiger partial charge in [-0.3, -0.25) is 5.32 Å². The number of carbonyl (C=O) groups excluding carboxylic acids is 1. The van der Waals surface area contributed by atoms with Crippen molar-refractivity contribution in [3.05, 3.63) is 71.6 Å². The van der Waals surface area contributed by atoms with Crippen LogP contribution in [0.25, 0.3) is 0 Å². The third kappa shape index (κ3) is 5.82. The topological polar surface area (TPSA) is 105 Å². The number of hydrogen-bond donors (Lipinski definition) is 3. The fourth-order valence-electron chi connectivity index (χ4n) is 2.40. The number of halogens is 1. The summed E-state index contributed by atoms with van der Waals surface area (Å²) < 4.78 is 24.4. The molecule has 28 heavy (non-hydrogen) atoms. The number of carboxylic acids is 1. The maximum atomic E-state index is 13.8. The maximum Gasteiger partial charge on any atom is 0.412 e. The number of amides is 1. The summed E-state index contributed by atoms with van der Waals surface area (Å²) in [4.78, 5) is 23.1. The molecule has 8 heteroatoms. The largest absolute Gasteiger partial charge is 0.505 e. The molecular formula is C20H20FNO6. The Morgan fingerprint density at radius 1 is 1.18 bits per heavy atom. The van der Waals surface area contributed by atoms with E-state index in [0.717, 1.165) is 23.8 Å². The molecule has 0 aliphatic rings. The molecule has 2 atom stereocenters. The fourth-order valence-corrected chi connectivity index (χ4v) is 2.40. The van der Waals surface area contributed by atoms with E-state index in [1.54, 1.807) is 24.3 Å². The van der Waals surface area contributed by atoms with Gasteiger partial charge in [-0.2, -0.15) is 0 Å². The van der Waals surface area contributed by atoms with Crippen molar-refractivity contribution in [1.82, 2.24) is 0 Å². The van der Waals surface area contributed by atoms with Gasteiger partial charge in [-0.25, -0.2) is 14.0 Å². The molecule has 0 saturated carbocycles. The van der Waals surface area contributed by atoms with Crippen molar-refractivity contribution >= 4 is 17.7 Å². The monoisotopic (exact) mass is 389 g/mol. The Kier molecular flexibility index (Phi) is 7.11. The first-order chi connectivity index (χ1) is 13.3. The number of carbonyl (C=O) groups is 2. The third-order valence-electron chi connectivity index (χ3n) is 3.83. The average molecular weight is 389 g/mol. The lowest BCUT2D eigenvalue weighted by molar-refractivity contribution is -0.131. The summed E-state index contributed by atoms with van der Waals surface area (Å²) in [5.74, 6) is -2.70. The van der Waals surface area contributed by atoms with Crippen molar-refractivity contribution in [2.24, 2.45) is 0 Å². The number of anilines is 1. The second-order valence-corrected chi connectivity index (χ2v) is 5.93. The summed E-state index contributed by atoms with van der Waals surface area (Å²) in [5.41, 5.74) is 1.67. The summed E-state index contributed by atoms with van der Waals surface area (Å²) in [6, 6.07) is 10.4. The van der Waals surface area contributed by atoms with Crippen molar-refractivity contribution in [3.63, 3.8) is 0 Å². The van der Waals surface area contributed by atoms with Gasteiger partial charge in [-0.1, -0.05) is 23.8 Å². The van der Waals surface area contributed by atoms with Gasteiger partial charge >= 0.3 is 12.1 Å². The van der Waals surface area contributed by atoms with E-state index in [2.05, 4.69) is 5.32 Å². The minimum atomic E-state index is -1.22. The Bertz CT molecular complexity index is 865. The highest BCUT2D eigenvalue weighted by Gasteiger charge is 2.27. The van der Waals surface area contributed by atoms with Crippen LogP contribution >= 0.6 is 0 Å². The molecule has 0 aliphatic heterocycles. The van der Waals surface area contributed by atoms with Gasteiger partial charge in [0.2, 0.25) is 0 Å². The molecule has 2 aromatic rings. The van der Waals surface area contributed by atoms with E-state index in [1.807, 2.05) is 6.92 Å². The van der Waals surface area contributed by atoms with E-state index in [0.29, 0.717) is 5.69 Å². The van der Waals surface area contributed by atoms with E-state index in [9.17, 15) is 19.1 Å². The number of phenols is 1. The second kappa shape index (κ2) is 9.52. The molecule has 0 spiro atoms. The molecule has 0 unspecified atom stereocenters. The first-order valence-corrected chi connectivity index (χ1v) is 8.26. The van der Waals surface area contributed by atoms with E-state index < -0.39 is 35.8 Å². The van der Waals surface area contributed by atoms with Crippen LogP contribution in [0.2, 0.25) is 0 Å². The summed E-state index contributed by atoms with van der Waals surface area (Å²) in [6.07, 6.45) is -1.01. The van der Waals surface area contributed by atoms with Gasteiger partial charge in [0.05, 0.1) is 0 Å². The van der Waals surface area contributed by atoms with E-state index in [-0.39, 0.29) is 5.56 Å². The Morgan fingerprint density at radius 2 is 1.86 bits per heavy atom. The molecule has 1 amide bonds. The van der Waals surface area contributed by atoms with Crippen molar-refractivity contribution in [2.45, 2.75) is 19.1 Å². The van der Waals surface area contributed by atoms with Crippen molar-refractivity contribution in [2.75, 3.05) is 12.4 Å². The average Bonchev–Trinajstić information content (AvgIpc) is 2.65. The molecule has 0 bridgehead atoms. The number of rotatable bonds is 7. The molecule has 148 valence electrons. The van der Waals surface area contributed by atoms with Crippen LogP contribution in [0.15, 0.2) is 54.6 Å². The molecule has 0 aromatic heterocycles. The first-order valence-electron chi connectivity index (χ1n) is 8.26. The summed E-state index contributed by atoms with van der Waals surface area (Å²) in [7, 11) is 1.29. The smallest absolute Gasteiger partial charge is 0.412 e. The second-order valence-electron chi connectivity index (χ2n) is 5.93. The molecule has 3 N–H and O–H groups in total. The lowest BCUT2D eigenvalue weighted by Crippen LogP contribution is -2.27. The standard InChI is InChI=1S/C20H20FNO6/c1-12-3-6-14(7-4-12)22-20(26)28-19(17(27-2)9-10-18(24)25)13-5-8-16(23)15(21)11-13/h3-11,17,19,23H,1-2H3,(H,22,26)(H,24,25)/b10-9+/t17-,19-/m1/s1. The summed E-state index contributed by atoms with van der Waals surface area (Å²) in [6.45, 7) is 1.90. The SMILES string of the molecule is CO[C@H](/C=C/C(=O)O)[C@H](OC(=O)Nc1ccc(C)cc1)c1ccc(O)c(F)c1. The Labute approximate surface area is 161 Å². The number of aliphatic carboxylic acids is 1. The van der Waals surface area contributed by atoms with Crippen molar-refractivity contribution < 1.29 is 33.7 Å². The Hall–Kier alpha value is -3.39.